The van der Waals surface area contributed by atoms with Crippen molar-refractivity contribution >= 4 is 5.91 Å². The molecule has 0 bridgehead atoms. The third-order valence-corrected chi connectivity index (χ3v) is 3.72. The van der Waals surface area contributed by atoms with E-state index in [9.17, 15) is 13.6 Å². The molecule has 0 radical (unpaired) electrons. The lowest BCUT2D eigenvalue weighted by atomic mass is 10.2. The van der Waals surface area contributed by atoms with E-state index in [0.29, 0.717) is 6.54 Å². The Kier molecular flexibility index (Phi) is 6.93. The summed E-state index contributed by atoms with van der Waals surface area (Å²) < 4.78 is 36.8. The second-order valence-electron chi connectivity index (χ2n) is 6.08. The topological polar surface area (TPSA) is 50.8 Å². The molecule has 1 fully saturated rings. The Bertz CT molecular complexity index is 547. The van der Waals surface area contributed by atoms with Gasteiger partial charge >= 0.3 is 0 Å². The van der Waals surface area contributed by atoms with Crippen molar-refractivity contribution in [3.8, 4) is 5.75 Å². The van der Waals surface area contributed by atoms with E-state index in [0.717, 1.165) is 38.2 Å². The van der Waals surface area contributed by atoms with E-state index in [2.05, 4.69) is 24.1 Å². The molecule has 0 spiro atoms. The van der Waals surface area contributed by atoms with Gasteiger partial charge in [-0.15, -0.1) is 0 Å². The van der Waals surface area contributed by atoms with Gasteiger partial charge in [0.25, 0.3) is 5.91 Å². The Morgan fingerprint density at radius 2 is 2.04 bits per heavy atom. The van der Waals surface area contributed by atoms with Crippen LogP contribution in [0.1, 0.15) is 20.3 Å². The Morgan fingerprint density at radius 1 is 1.33 bits per heavy atom. The molecule has 1 aliphatic heterocycles. The summed E-state index contributed by atoms with van der Waals surface area (Å²) in [7, 11) is 0. The molecule has 0 saturated carbocycles. The lowest BCUT2D eigenvalue weighted by molar-refractivity contribution is -0.123. The van der Waals surface area contributed by atoms with E-state index in [1.54, 1.807) is 0 Å². The minimum atomic E-state index is -0.821. The number of amides is 1. The third-order valence-electron chi connectivity index (χ3n) is 3.72. The zero-order valence-corrected chi connectivity index (χ0v) is 14.1. The molecule has 134 valence electrons. The standard InChI is InChI=1S/C17H24F2N2O3/c1-12-9-21(10-13(2)24-12)7-3-6-20-17(22)11-23-16-5-4-14(18)8-15(16)19/h4-5,8,12-13H,3,6-7,9-11H2,1-2H3,(H,20,22). The van der Waals surface area contributed by atoms with Crippen molar-refractivity contribution in [1.29, 1.82) is 0 Å². The van der Waals surface area contributed by atoms with Crippen molar-refractivity contribution in [3.63, 3.8) is 0 Å². The van der Waals surface area contributed by atoms with Gasteiger partial charge in [-0.25, -0.2) is 8.78 Å². The predicted molar refractivity (Wildman–Crippen MR) is 85.9 cm³/mol. The molecule has 7 heteroatoms. The Morgan fingerprint density at radius 3 is 2.71 bits per heavy atom. The Labute approximate surface area is 140 Å². The monoisotopic (exact) mass is 342 g/mol. The molecule has 1 aromatic rings. The zero-order valence-electron chi connectivity index (χ0n) is 14.1. The van der Waals surface area contributed by atoms with Crippen LogP contribution in [0.15, 0.2) is 18.2 Å². The largest absolute Gasteiger partial charge is 0.481 e. The SMILES string of the molecule is CC1CN(CCCNC(=O)COc2ccc(F)cc2F)CC(C)O1. The highest BCUT2D eigenvalue weighted by Crippen LogP contribution is 2.17. The number of halogens is 2. The van der Waals surface area contributed by atoms with Crippen molar-refractivity contribution in [3.05, 3.63) is 29.8 Å². The molecular formula is C17H24F2N2O3. The fourth-order valence-electron chi connectivity index (χ4n) is 2.78. The van der Waals surface area contributed by atoms with Gasteiger partial charge in [0, 0.05) is 32.2 Å². The second-order valence-corrected chi connectivity index (χ2v) is 6.08. The molecule has 1 aliphatic rings. The van der Waals surface area contributed by atoms with Gasteiger partial charge in [0.1, 0.15) is 5.82 Å². The van der Waals surface area contributed by atoms with Crippen molar-refractivity contribution in [2.24, 2.45) is 0 Å². The van der Waals surface area contributed by atoms with Crippen molar-refractivity contribution in [2.45, 2.75) is 32.5 Å². The molecule has 0 aromatic heterocycles. The number of benzene rings is 1. The highest BCUT2D eigenvalue weighted by Gasteiger charge is 2.21. The number of rotatable bonds is 7. The van der Waals surface area contributed by atoms with Crippen LogP contribution in [0.2, 0.25) is 0 Å². The highest BCUT2D eigenvalue weighted by atomic mass is 19.1. The first-order valence-electron chi connectivity index (χ1n) is 8.16. The van der Waals surface area contributed by atoms with Gasteiger partial charge in [-0.1, -0.05) is 0 Å². The summed E-state index contributed by atoms with van der Waals surface area (Å²) in [4.78, 5) is 14.0. The van der Waals surface area contributed by atoms with Gasteiger partial charge in [0.15, 0.2) is 18.2 Å². The summed E-state index contributed by atoms with van der Waals surface area (Å²) >= 11 is 0. The molecule has 1 aromatic carbocycles. The van der Waals surface area contributed by atoms with Gasteiger partial charge in [-0.05, 0) is 32.4 Å². The molecule has 24 heavy (non-hydrogen) atoms. The number of carbonyl (C=O) groups is 1. The van der Waals surface area contributed by atoms with Crippen LogP contribution in [0, 0.1) is 11.6 Å². The second kappa shape index (κ2) is 8.94. The molecule has 5 nitrogen and oxygen atoms in total. The van der Waals surface area contributed by atoms with Gasteiger partial charge in [0.05, 0.1) is 12.2 Å². The summed E-state index contributed by atoms with van der Waals surface area (Å²) in [5.74, 6) is -1.97. The summed E-state index contributed by atoms with van der Waals surface area (Å²) in [5, 5.41) is 2.73. The van der Waals surface area contributed by atoms with Gasteiger partial charge in [-0.2, -0.15) is 0 Å². The first kappa shape index (κ1) is 18.6. The van der Waals surface area contributed by atoms with Crippen molar-refractivity contribution in [1.82, 2.24) is 10.2 Å². The average molecular weight is 342 g/mol. The van der Waals surface area contributed by atoms with Crippen LogP contribution >= 0.6 is 0 Å². The maximum atomic E-state index is 13.4. The smallest absolute Gasteiger partial charge is 0.257 e. The lowest BCUT2D eigenvalue weighted by Crippen LogP contribution is -2.46. The van der Waals surface area contributed by atoms with Crippen LogP contribution < -0.4 is 10.1 Å². The van der Waals surface area contributed by atoms with Crippen molar-refractivity contribution in [2.75, 3.05) is 32.8 Å². The van der Waals surface area contributed by atoms with Crippen LogP contribution in [0.25, 0.3) is 0 Å². The van der Waals surface area contributed by atoms with E-state index < -0.39 is 11.6 Å². The fourth-order valence-corrected chi connectivity index (χ4v) is 2.78. The van der Waals surface area contributed by atoms with Crippen LogP contribution in [-0.2, 0) is 9.53 Å². The van der Waals surface area contributed by atoms with E-state index in [1.165, 1.54) is 6.07 Å². The summed E-state index contributed by atoms with van der Waals surface area (Å²) in [5.41, 5.74) is 0. The number of carbonyl (C=O) groups excluding carboxylic acids is 1. The minimum absolute atomic E-state index is 0.136. The maximum Gasteiger partial charge on any atom is 0.257 e. The highest BCUT2D eigenvalue weighted by molar-refractivity contribution is 5.77. The number of hydrogen-bond acceptors (Lipinski definition) is 4. The first-order chi connectivity index (χ1) is 11.4. The normalized spacial score (nSPS) is 21.5. The van der Waals surface area contributed by atoms with E-state index in [4.69, 9.17) is 9.47 Å². The average Bonchev–Trinajstić information content (AvgIpc) is 2.50. The number of ether oxygens (including phenoxy) is 2. The molecule has 1 saturated heterocycles. The number of hydrogen-bond donors (Lipinski definition) is 1. The summed E-state index contributed by atoms with van der Waals surface area (Å²) in [6.07, 6.45) is 1.26. The molecule has 2 rings (SSSR count). The lowest BCUT2D eigenvalue weighted by Gasteiger charge is -2.35. The van der Waals surface area contributed by atoms with E-state index in [1.807, 2.05) is 0 Å². The van der Waals surface area contributed by atoms with Crippen LogP contribution in [-0.4, -0.2) is 55.8 Å². The number of nitrogens with one attached hydrogen (secondary N) is 1. The van der Waals surface area contributed by atoms with Crippen LogP contribution in [0.3, 0.4) is 0 Å². The Hall–Kier alpha value is -1.73. The van der Waals surface area contributed by atoms with Gasteiger partial charge < -0.3 is 14.8 Å². The molecule has 0 aliphatic carbocycles. The van der Waals surface area contributed by atoms with Gasteiger partial charge in [-0.3, -0.25) is 9.69 Å². The Balaban J connectivity index is 1.61. The number of nitrogens with zero attached hydrogens (tertiary/aromatic N) is 1. The maximum absolute atomic E-state index is 13.4. The van der Waals surface area contributed by atoms with E-state index >= 15 is 0 Å². The van der Waals surface area contributed by atoms with Crippen LogP contribution in [0.4, 0.5) is 8.78 Å². The summed E-state index contributed by atoms with van der Waals surface area (Å²) in [6.45, 7) is 7.00. The molecule has 1 amide bonds. The quantitative estimate of drug-likeness (QED) is 0.770. The zero-order chi connectivity index (χ0) is 17.5. The molecule has 2 atom stereocenters. The van der Waals surface area contributed by atoms with Crippen LogP contribution in [0.5, 0.6) is 5.75 Å². The molecular weight excluding hydrogens is 318 g/mol. The molecule has 1 heterocycles. The first-order valence-corrected chi connectivity index (χ1v) is 8.16. The van der Waals surface area contributed by atoms with Crippen molar-refractivity contribution < 1.29 is 23.0 Å². The fraction of sp³-hybridized carbons (Fsp3) is 0.588. The molecule has 2 unspecified atom stereocenters. The minimum Gasteiger partial charge on any atom is -0.481 e. The third kappa shape index (κ3) is 6.05. The van der Waals surface area contributed by atoms with Gasteiger partial charge in [0.2, 0.25) is 0 Å². The number of morpholine rings is 1. The van der Waals surface area contributed by atoms with E-state index in [-0.39, 0.29) is 30.5 Å². The molecule has 1 N–H and O–H groups in total. The summed E-state index contributed by atoms with van der Waals surface area (Å²) in [6, 6.07) is 2.97. The predicted octanol–water partition coefficient (Wildman–Crippen LogP) is 1.96.